The fraction of sp³-hybridized carbons (Fsp3) is 0.500. The normalized spacial score (nSPS) is 19.3. The molecule has 1 N–H and O–H groups in total. The highest BCUT2D eigenvalue weighted by atomic mass is 19.4. The molecule has 2 aromatic rings. The molecule has 1 aromatic carbocycles. The first-order valence-corrected chi connectivity index (χ1v) is 11.3. The Kier molecular flexibility index (Phi) is 6.52. The van der Waals surface area contributed by atoms with Crippen LogP contribution in [-0.4, -0.2) is 40.5 Å². The Morgan fingerprint density at radius 2 is 2.00 bits per heavy atom. The second-order valence-corrected chi connectivity index (χ2v) is 8.60. The first kappa shape index (κ1) is 23.4. The Hall–Kier alpha value is -2.81. The Morgan fingerprint density at radius 1 is 1.24 bits per heavy atom. The number of halogens is 3. The van der Waals surface area contributed by atoms with Gasteiger partial charge >= 0.3 is 6.18 Å². The number of nitrogens with one attached hydrogen (secondary N) is 1. The van der Waals surface area contributed by atoms with Crippen molar-refractivity contribution < 1.29 is 27.5 Å². The number of benzene rings is 1. The van der Waals surface area contributed by atoms with E-state index in [2.05, 4.69) is 5.32 Å². The fourth-order valence-electron chi connectivity index (χ4n) is 4.78. The van der Waals surface area contributed by atoms with Gasteiger partial charge < -0.3 is 19.5 Å². The Morgan fingerprint density at radius 3 is 2.67 bits per heavy atom. The highest BCUT2D eigenvalue weighted by Gasteiger charge is 2.36. The molecule has 4 rings (SSSR count). The quantitative estimate of drug-likeness (QED) is 0.708. The minimum atomic E-state index is -4.52. The van der Waals surface area contributed by atoms with Gasteiger partial charge in [0.2, 0.25) is 0 Å². The molecule has 2 aliphatic heterocycles. The van der Waals surface area contributed by atoms with Gasteiger partial charge in [0.15, 0.2) is 0 Å². The summed E-state index contributed by atoms with van der Waals surface area (Å²) in [5.41, 5.74) is 0.599. The molecule has 9 heteroatoms. The smallest absolute Gasteiger partial charge is 0.373 e. The maximum atomic E-state index is 13.5. The summed E-state index contributed by atoms with van der Waals surface area (Å²) in [5.74, 6) is -0.641. The summed E-state index contributed by atoms with van der Waals surface area (Å²) in [6.45, 7) is 5.40. The molecule has 33 heavy (non-hydrogen) atoms. The Labute approximate surface area is 190 Å². The number of likely N-dealkylation sites (tertiary alicyclic amines) is 1. The van der Waals surface area contributed by atoms with Crippen LogP contribution in [0, 0.1) is 0 Å². The van der Waals surface area contributed by atoms with Crippen LogP contribution in [0.5, 0.6) is 0 Å². The van der Waals surface area contributed by atoms with Gasteiger partial charge in [0.1, 0.15) is 5.69 Å². The van der Waals surface area contributed by atoms with E-state index in [9.17, 15) is 22.8 Å². The van der Waals surface area contributed by atoms with E-state index in [0.29, 0.717) is 31.0 Å². The molecule has 0 spiro atoms. The average Bonchev–Trinajstić information content (AvgIpc) is 3.40. The number of rotatable bonds is 5. The first-order valence-electron chi connectivity index (χ1n) is 11.3. The minimum absolute atomic E-state index is 0.0248. The number of amides is 2. The van der Waals surface area contributed by atoms with Crippen LogP contribution in [0.15, 0.2) is 30.3 Å². The maximum Gasteiger partial charge on any atom is 0.416 e. The van der Waals surface area contributed by atoms with E-state index in [1.54, 1.807) is 22.5 Å². The molecule has 1 fully saturated rings. The van der Waals surface area contributed by atoms with Crippen molar-refractivity contribution in [2.75, 3.05) is 13.2 Å². The van der Waals surface area contributed by atoms with E-state index in [4.69, 9.17) is 4.74 Å². The van der Waals surface area contributed by atoms with Gasteiger partial charge in [0, 0.05) is 19.1 Å². The molecule has 6 nitrogen and oxygen atoms in total. The van der Waals surface area contributed by atoms with Crippen LogP contribution < -0.4 is 5.32 Å². The van der Waals surface area contributed by atoms with Gasteiger partial charge in [0.05, 0.1) is 36.1 Å². The van der Waals surface area contributed by atoms with Crippen LogP contribution in [0.1, 0.15) is 76.8 Å². The molecular weight excluding hydrogens is 435 g/mol. The van der Waals surface area contributed by atoms with Crippen molar-refractivity contribution >= 4 is 11.8 Å². The number of carbonyl (C=O) groups excluding carboxylic acids is 2. The van der Waals surface area contributed by atoms with Crippen molar-refractivity contribution in [3.63, 3.8) is 0 Å². The van der Waals surface area contributed by atoms with Crippen LogP contribution in [0.3, 0.4) is 0 Å². The molecule has 178 valence electrons. The third-order valence-corrected chi connectivity index (χ3v) is 6.54. The second-order valence-electron chi connectivity index (χ2n) is 8.60. The Bertz CT molecular complexity index is 1050. The molecule has 0 bridgehead atoms. The van der Waals surface area contributed by atoms with Crippen LogP contribution >= 0.6 is 0 Å². The van der Waals surface area contributed by atoms with Gasteiger partial charge in [-0.15, -0.1) is 0 Å². The highest BCUT2D eigenvalue weighted by Crippen LogP contribution is 2.35. The summed E-state index contributed by atoms with van der Waals surface area (Å²) in [5, 5.41) is 2.77. The first-order chi connectivity index (χ1) is 15.7. The number of hydrogen-bond donors (Lipinski definition) is 1. The van der Waals surface area contributed by atoms with Crippen LogP contribution in [0.4, 0.5) is 13.2 Å². The highest BCUT2D eigenvalue weighted by molar-refractivity contribution is 6.01. The zero-order valence-corrected chi connectivity index (χ0v) is 18.7. The lowest BCUT2D eigenvalue weighted by Gasteiger charge is -2.24. The van der Waals surface area contributed by atoms with Gasteiger partial charge in [-0.25, -0.2) is 0 Å². The van der Waals surface area contributed by atoms with Crippen LogP contribution in [0.25, 0.3) is 0 Å². The lowest BCUT2D eigenvalue weighted by atomic mass is 9.98. The van der Waals surface area contributed by atoms with Gasteiger partial charge in [-0.2, -0.15) is 13.2 Å². The topological polar surface area (TPSA) is 63.6 Å². The van der Waals surface area contributed by atoms with E-state index >= 15 is 0 Å². The zero-order valence-electron chi connectivity index (χ0n) is 18.7. The lowest BCUT2D eigenvalue weighted by molar-refractivity contribution is -0.138. The molecule has 1 aromatic heterocycles. The number of fused-ring (bicyclic) bond motifs is 1. The number of hydrogen-bond acceptors (Lipinski definition) is 3. The number of nitrogens with zero attached hydrogens (tertiary/aromatic N) is 2. The Balaban J connectivity index is 1.65. The zero-order chi connectivity index (χ0) is 23.8. The van der Waals surface area contributed by atoms with E-state index in [-0.39, 0.29) is 36.2 Å². The van der Waals surface area contributed by atoms with Crippen molar-refractivity contribution in [2.24, 2.45) is 0 Å². The van der Waals surface area contributed by atoms with E-state index in [0.717, 1.165) is 18.9 Å². The van der Waals surface area contributed by atoms with Crippen LogP contribution in [0.2, 0.25) is 0 Å². The number of ether oxygens (including phenoxy) is 1. The number of carbonyl (C=O) groups is 2. The predicted molar refractivity (Wildman–Crippen MR) is 116 cm³/mol. The summed E-state index contributed by atoms with van der Waals surface area (Å²) in [6, 6.07) is 6.15. The van der Waals surface area contributed by atoms with Gasteiger partial charge in [-0.05, 0) is 43.9 Å². The fourth-order valence-corrected chi connectivity index (χ4v) is 4.78. The SMILES string of the molecule is CC[C@@H](NC(=O)c1cc(C(=O)N2CCC[C@@H]2C)c2n1CCOC2)c1ccccc1C(F)(F)F. The van der Waals surface area contributed by atoms with E-state index < -0.39 is 23.7 Å². The van der Waals surface area contributed by atoms with Crippen molar-refractivity contribution in [3.8, 4) is 0 Å². The third-order valence-electron chi connectivity index (χ3n) is 6.54. The van der Waals surface area contributed by atoms with Crippen molar-refractivity contribution in [2.45, 2.75) is 64.5 Å². The second kappa shape index (κ2) is 9.21. The maximum absolute atomic E-state index is 13.5. The van der Waals surface area contributed by atoms with Gasteiger partial charge in [-0.3, -0.25) is 9.59 Å². The van der Waals surface area contributed by atoms with Crippen molar-refractivity contribution in [3.05, 3.63) is 58.4 Å². The summed E-state index contributed by atoms with van der Waals surface area (Å²) in [7, 11) is 0. The molecule has 0 aliphatic carbocycles. The summed E-state index contributed by atoms with van der Waals surface area (Å²) >= 11 is 0. The molecule has 2 aliphatic rings. The number of aromatic nitrogens is 1. The van der Waals surface area contributed by atoms with E-state index in [1.807, 2.05) is 6.92 Å². The summed E-state index contributed by atoms with van der Waals surface area (Å²) in [4.78, 5) is 28.3. The monoisotopic (exact) mass is 463 g/mol. The van der Waals surface area contributed by atoms with Crippen molar-refractivity contribution in [1.82, 2.24) is 14.8 Å². The largest absolute Gasteiger partial charge is 0.416 e. The predicted octanol–water partition coefficient (Wildman–Crippen LogP) is 4.54. The third kappa shape index (κ3) is 4.51. The lowest BCUT2D eigenvalue weighted by Crippen LogP contribution is -2.34. The van der Waals surface area contributed by atoms with Crippen molar-refractivity contribution in [1.29, 1.82) is 0 Å². The van der Waals surface area contributed by atoms with Crippen LogP contribution in [-0.2, 0) is 24.1 Å². The minimum Gasteiger partial charge on any atom is -0.373 e. The molecule has 1 saturated heterocycles. The van der Waals surface area contributed by atoms with Gasteiger partial charge in [0.25, 0.3) is 11.8 Å². The van der Waals surface area contributed by atoms with Gasteiger partial charge in [-0.1, -0.05) is 25.1 Å². The summed E-state index contributed by atoms with van der Waals surface area (Å²) in [6.07, 6.45) is -2.37. The molecule has 0 unspecified atom stereocenters. The molecule has 2 atom stereocenters. The summed E-state index contributed by atoms with van der Waals surface area (Å²) < 4.78 is 47.9. The molecular formula is C24H28F3N3O3. The number of alkyl halides is 3. The molecule has 2 amide bonds. The molecule has 0 saturated carbocycles. The average molecular weight is 464 g/mol. The van der Waals surface area contributed by atoms with E-state index in [1.165, 1.54) is 18.2 Å². The molecule has 3 heterocycles. The standard InChI is InChI=1S/C24H28F3N3O3/c1-3-19(16-8-4-5-9-18(16)24(25,26)27)28-22(31)20-13-17(21-14-33-12-11-30(20)21)23(32)29-10-6-7-15(29)2/h4-5,8-9,13,15,19H,3,6-7,10-12,14H2,1-2H3,(H,28,31)/t15-,19+/m0/s1. The molecule has 0 radical (unpaired) electrons.